The lowest BCUT2D eigenvalue weighted by atomic mass is 9.99. The molecule has 5 nitrogen and oxygen atoms in total. The molecule has 3 N–H and O–H groups in total. The molecule has 2 aromatic heterocycles. The molecule has 0 aliphatic rings. The molecule has 0 spiro atoms. The summed E-state index contributed by atoms with van der Waals surface area (Å²) < 4.78 is 5.79. The Morgan fingerprint density at radius 2 is 2.08 bits per heavy atom. The number of guanidine groups is 1. The van der Waals surface area contributed by atoms with Crippen LogP contribution >= 0.6 is 35.3 Å². The highest BCUT2D eigenvalue weighted by atomic mass is 127. The van der Waals surface area contributed by atoms with Crippen molar-refractivity contribution in [2.75, 3.05) is 13.1 Å². The highest BCUT2D eigenvalue weighted by molar-refractivity contribution is 14.0. The highest BCUT2D eigenvalue weighted by Gasteiger charge is 2.23. The third kappa shape index (κ3) is 5.21. The van der Waals surface area contributed by atoms with Gasteiger partial charge >= 0.3 is 0 Å². The topological polar surface area (TPSA) is 69.8 Å². The molecule has 0 aliphatic carbocycles. The molecule has 0 radical (unpaired) electrons. The predicted octanol–water partition coefficient (Wildman–Crippen LogP) is 4.08. The second kappa shape index (κ2) is 9.38. The van der Waals surface area contributed by atoms with Crippen LogP contribution in [0.5, 0.6) is 0 Å². The first-order valence-electron chi connectivity index (χ1n) is 8.33. The molecule has 0 amide bonds. The van der Waals surface area contributed by atoms with Gasteiger partial charge in [0.15, 0.2) is 5.96 Å². The fraction of sp³-hybridized carbons (Fsp3) is 0.316. The first kappa shape index (κ1) is 20.7. The minimum Gasteiger partial charge on any atom is -0.459 e. The third-order valence-electron chi connectivity index (χ3n) is 3.96. The zero-order valence-corrected chi connectivity index (χ0v) is 18.0. The summed E-state index contributed by atoms with van der Waals surface area (Å²) in [4.78, 5) is 4.56. The predicted molar refractivity (Wildman–Crippen MR) is 118 cm³/mol. The second-order valence-electron chi connectivity index (χ2n) is 6.09. The molecule has 0 saturated heterocycles. The number of nitrogens with one attached hydrogen (secondary N) is 2. The first-order valence-corrected chi connectivity index (χ1v) is 9.27. The van der Waals surface area contributed by atoms with Crippen molar-refractivity contribution in [1.82, 2.24) is 10.6 Å². The number of thiophene rings is 1. The number of aliphatic imine (C=N–C) groups is 1. The van der Waals surface area contributed by atoms with E-state index in [1.165, 1.54) is 0 Å². The Hall–Kier alpha value is -1.58. The van der Waals surface area contributed by atoms with Gasteiger partial charge in [0.1, 0.15) is 23.5 Å². The van der Waals surface area contributed by atoms with Gasteiger partial charge in [0, 0.05) is 11.9 Å². The Bertz CT molecular complexity index is 810. The van der Waals surface area contributed by atoms with E-state index in [1.807, 2.05) is 54.1 Å². The number of hydrogen-bond acceptors (Lipinski definition) is 4. The molecule has 3 aromatic rings. The summed E-state index contributed by atoms with van der Waals surface area (Å²) in [6, 6.07) is 11.9. The Balaban J connectivity index is 0.00000243. The van der Waals surface area contributed by atoms with Crippen molar-refractivity contribution in [2.45, 2.75) is 26.0 Å². The Kier molecular flexibility index (Phi) is 7.48. The minimum atomic E-state index is -0.949. The maximum atomic E-state index is 10.6. The summed E-state index contributed by atoms with van der Waals surface area (Å²) >= 11 is 1.57. The normalized spacial score (nSPS) is 13.9. The second-order valence-corrected chi connectivity index (χ2v) is 6.87. The maximum Gasteiger partial charge on any atom is 0.191 e. The van der Waals surface area contributed by atoms with Crippen LogP contribution in [0.1, 0.15) is 25.2 Å². The van der Waals surface area contributed by atoms with Gasteiger partial charge < -0.3 is 20.2 Å². The fourth-order valence-corrected chi connectivity index (χ4v) is 3.33. The number of furan rings is 1. The van der Waals surface area contributed by atoms with Crippen LogP contribution in [-0.2, 0) is 12.1 Å². The summed E-state index contributed by atoms with van der Waals surface area (Å²) in [5, 5.41) is 22.0. The van der Waals surface area contributed by atoms with E-state index in [-0.39, 0.29) is 24.0 Å². The van der Waals surface area contributed by atoms with E-state index >= 15 is 0 Å². The molecule has 140 valence electrons. The molecule has 26 heavy (non-hydrogen) atoms. The number of para-hydroxylation sites is 1. The SMILES string of the molecule is CCNC(=NCc1cc2ccccc2o1)NCC(C)(O)c1ccsc1.I. The quantitative estimate of drug-likeness (QED) is 0.280. The van der Waals surface area contributed by atoms with Crippen LogP contribution in [0.15, 0.2) is 56.6 Å². The minimum absolute atomic E-state index is 0. The van der Waals surface area contributed by atoms with E-state index in [0.29, 0.717) is 19.0 Å². The molecule has 3 rings (SSSR count). The van der Waals surface area contributed by atoms with Crippen LogP contribution in [-0.4, -0.2) is 24.2 Å². The summed E-state index contributed by atoms with van der Waals surface area (Å²) in [6.07, 6.45) is 0. The van der Waals surface area contributed by atoms with E-state index < -0.39 is 5.60 Å². The van der Waals surface area contributed by atoms with Gasteiger partial charge in [-0.05, 0) is 48.4 Å². The zero-order chi connectivity index (χ0) is 17.7. The molecular formula is C19H24IN3O2S. The third-order valence-corrected chi connectivity index (χ3v) is 4.64. The molecule has 1 aromatic carbocycles. The van der Waals surface area contributed by atoms with Crippen molar-refractivity contribution in [3.05, 3.63) is 58.5 Å². The van der Waals surface area contributed by atoms with Gasteiger partial charge in [0.05, 0.1) is 6.54 Å². The number of hydrogen-bond donors (Lipinski definition) is 3. The van der Waals surface area contributed by atoms with Crippen LogP contribution in [0, 0.1) is 0 Å². The Morgan fingerprint density at radius 1 is 1.27 bits per heavy atom. The van der Waals surface area contributed by atoms with E-state index in [0.717, 1.165) is 28.8 Å². The first-order chi connectivity index (χ1) is 12.1. The Morgan fingerprint density at radius 3 is 2.77 bits per heavy atom. The van der Waals surface area contributed by atoms with Crippen molar-refractivity contribution in [2.24, 2.45) is 4.99 Å². The van der Waals surface area contributed by atoms with Crippen molar-refractivity contribution in [1.29, 1.82) is 0 Å². The van der Waals surface area contributed by atoms with Gasteiger partial charge in [-0.1, -0.05) is 18.2 Å². The van der Waals surface area contributed by atoms with Crippen LogP contribution in [0.4, 0.5) is 0 Å². The highest BCUT2D eigenvalue weighted by Crippen LogP contribution is 2.22. The summed E-state index contributed by atoms with van der Waals surface area (Å²) in [7, 11) is 0. The van der Waals surface area contributed by atoms with Crippen LogP contribution in [0.25, 0.3) is 11.0 Å². The lowest BCUT2D eigenvalue weighted by Gasteiger charge is -2.24. The van der Waals surface area contributed by atoms with E-state index in [1.54, 1.807) is 18.3 Å². The molecule has 0 fully saturated rings. The van der Waals surface area contributed by atoms with Crippen LogP contribution in [0.3, 0.4) is 0 Å². The van der Waals surface area contributed by atoms with Crippen molar-refractivity contribution in [3.63, 3.8) is 0 Å². The zero-order valence-electron chi connectivity index (χ0n) is 14.9. The average Bonchev–Trinajstić information content (AvgIpc) is 3.26. The smallest absolute Gasteiger partial charge is 0.191 e. The number of halogens is 1. The van der Waals surface area contributed by atoms with Crippen molar-refractivity contribution < 1.29 is 9.52 Å². The molecule has 7 heteroatoms. The summed E-state index contributed by atoms with van der Waals surface area (Å²) in [5.74, 6) is 1.46. The summed E-state index contributed by atoms with van der Waals surface area (Å²) in [6.45, 7) is 5.35. The van der Waals surface area contributed by atoms with Gasteiger partial charge in [-0.3, -0.25) is 0 Å². The molecular weight excluding hydrogens is 461 g/mol. The lowest BCUT2D eigenvalue weighted by molar-refractivity contribution is 0.0621. The molecule has 0 bridgehead atoms. The molecule has 2 heterocycles. The van der Waals surface area contributed by atoms with Gasteiger partial charge in [-0.15, -0.1) is 24.0 Å². The van der Waals surface area contributed by atoms with Gasteiger partial charge in [-0.25, -0.2) is 4.99 Å². The number of aliphatic hydroxyl groups is 1. The van der Waals surface area contributed by atoms with Gasteiger partial charge in [0.25, 0.3) is 0 Å². The maximum absolute atomic E-state index is 10.6. The van der Waals surface area contributed by atoms with Crippen LogP contribution < -0.4 is 10.6 Å². The Labute approximate surface area is 174 Å². The average molecular weight is 485 g/mol. The van der Waals surface area contributed by atoms with Gasteiger partial charge in [-0.2, -0.15) is 11.3 Å². The molecule has 0 saturated carbocycles. The molecule has 1 unspecified atom stereocenters. The number of benzene rings is 1. The largest absolute Gasteiger partial charge is 0.459 e. The van der Waals surface area contributed by atoms with Crippen molar-refractivity contribution >= 4 is 52.2 Å². The molecule has 0 aliphatic heterocycles. The van der Waals surface area contributed by atoms with E-state index in [2.05, 4.69) is 15.6 Å². The fourth-order valence-electron chi connectivity index (χ4n) is 2.54. The standard InChI is InChI=1S/C19H23N3O2S.HI/c1-3-20-18(22-13-19(2,23)15-8-9-25-12-15)21-11-16-10-14-6-4-5-7-17(14)24-16;/h4-10,12,23H,3,11,13H2,1-2H3,(H2,20,21,22);1H. The van der Waals surface area contributed by atoms with Crippen molar-refractivity contribution in [3.8, 4) is 0 Å². The van der Waals surface area contributed by atoms with E-state index in [9.17, 15) is 5.11 Å². The van der Waals surface area contributed by atoms with Crippen LogP contribution in [0.2, 0.25) is 0 Å². The monoisotopic (exact) mass is 485 g/mol. The number of nitrogens with zero attached hydrogens (tertiary/aromatic N) is 1. The van der Waals surface area contributed by atoms with Gasteiger partial charge in [0.2, 0.25) is 0 Å². The summed E-state index contributed by atoms with van der Waals surface area (Å²) in [5.41, 5.74) is 0.819. The van der Waals surface area contributed by atoms with E-state index in [4.69, 9.17) is 4.42 Å². The lowest BCUT2D eigenvalue weighted by Crippen LogP contribution is -2.44. The molecule has 1 atom stereocenters. The number of rotatable bonds is 6. The number of fused-ring (bicyclic) bond motifs is 1.